The molecule has 2 heterocycles. The van der Waals surface area contributed by atoms with Crippen LogP contribution in [0.15, 0.2) is 59.7 Å². The highest BCUT2D eigenvalue weighted by Gasteiger charge is 2.12. The molecule has 0 atom stereocenters. The topological polar surface area (TPSA) is 81.3 Å². The number of hydrogen-bond donors (Lipinski definition) is 1. The summed E-state index contributed by atoms with van der Waals surface area (Å²) in [5.74, 6) is 0.545. The molecular formula is C23H22ClN5O2. The van der Waals surface area contributed by atoms with E-state index in [1.165, 1.54) is 5.56 Å². The number of benzene rings is 2. The third kappa shape index (κ3) is 4.51. The van der Waals surface area contributed by atoms with Crippen LogP contribution in [0.1, 0.15) is 29.8 Å². The number of amides is 1. The first-order valence-corrected chi connectivity index (χ1v) is 10.4. The van der Waals surface area contributed by atoms with Crippen LogP contribution in [-0.4, -0.2) is 25.1 Å². The summed E-state index contributed by atoms with van der Waals surface area (Å²) in [6, 6.07) is 12.9. The van der Waals surface area contributed by atoms with E-state index in [1.54, 1.807) is 45.6 Å². The van der Waals surface area contributed by atoms with Crippen molar-refractivity contribution in [2.45, 2.75) is 33.1 Å². The lowest BCUT2D eigenvalue weighted by Gasteiger charge is -2.09. The van der Waals surface area contributed by atoms with Gasteiger partial charge in [-0.1, -0.05) is 23.7 Å². The molecule has 8 heteroatoms. The molecule has 0 aliphatic carbocycles. The quantitative estimate of drug-likeness (QED) is 0.494. The van der Waals surface area contributed by atoms with E-state index in [2.05, 4.69) is 15.5 Å². The molecule has 158 valence electrons. The standard InChI is InChI=1S/C23H22ClN5O2/c1-15-9-10-19(13-16(15)2)28-11-12-29-20(26-27-22(29)23(28)31)7-4-8-21(30)25-18-6-3-5-17(24)14-18/h3,5-6,9-14H,4,7-8H2,1-2H3,(H,25,30). The minimum Gasteiger partial charge on any atom is -0.326 e. The van der Waals surface area contributed by atoms with E-state index >= 15 is 0 Å². The molecule has 4 aromatic rings. The lowest BCUT2D eigenvalue weighted by molar-refractivity contribution is -0.116. The third-order valence-electron chi connectivity index (χ3n) is 5.22. The molecule has 1 N–H and O–H groups in total. The van der Waals surface area contributed by atoms with Crippen molar-refractivity contribution in [1.29, 1.82) is 0 Å². The van der Waals surface area contributed by atoms with Gasteiger partial charge in [-0.2, -0.15) is 0 Å². The van der Waals surface area contributed by atoms with Crippen LogP contribution in [-0.2, 0) is 11.2 Å². The van der Waals surface area contributed by atoms with Crippen molar-refractivity contribution in [3.05, 3.63) is 87.2 Å². The smallest absolute Gasteiger partial charge is 0.300 e. The Hall–Kier alpha value is -3.45. The Kier molecular flexibility index (Phi) is 5.86. The third-order valence-corrected chi connectivity index (χ3v) is 5.46. The van der Waals surface area contributed by atoms with E-state index in [0.717, 1.165) is 11.3 Å². The van der Waals surface area contributed by atoms with Gasteiger partial charge in [0, 0.05) is 41.6 Å². The maximum Gasteiger partial charge on any atom is 0.300 e. The fourth-order valence-electron chi connectivity index (χ4n) is 3.38. The van der Waals surface area contributed by atoms with Gasteiger partial charge in [-0.3, -0.25) is 18.6 Å². The molecule has 7 nitrogen and oxygen atoms in total. The SMILES string of the molecule is Cc1ccc(-n2ccn3c(CCCC(=O)Nc4cccc(Cl)c4)nnc3c2=O)cc1C. The second-order valence-corrected chi connectivity index (χ2v) is 7.90. The van der Waals surface area contributed by atoms with Crippen molar-refractivity contribution in [2.75, 3.05) is 5.32 Å². The average molecular weight is 436 g/mol. The Labute approximate surface area is 184 Å². The van der Waals surface area contributed by atoms with E-state index in [9.17, 15) is 9.59 Å². The summed E-state index contributed by atoms with van der Waals surface area (Å²) < 4.78 is 3.26. The molecule has 0 radical (unpaired) electrons. The highest BCUT2D eigenvalue weighted by atomic mass is 35.5. The van der Waals surface area contributed by atoms with Crippen LogP contribution in [0.2, 0.25) is 5.02 Å². The van der Waals surface area contributed by atoms with Crippen LogP contribution in [0.5, 0.6) is 0 Å². The zero-order valence-corrected chi connectivity index (χ0v) is 18.1. The summed E-state index contributed by atoms with van der Waals surface area (Å²) in [7, 11) is 0. The zero-order chi connectivity index (χ0) is 22.0. The van der Waals surface area contributed by atoms with Crippen LogP contribution in [0.4, 0.5) is 5.69 Å². The molecule has 0 spiro atoms. The molecule has 2 aromatic heterocycles. The molecule has 0 fully saturated rings. The lowest BCUT2D eigenvalue weighted by Crippen LogP contribution is -2.20. The fraction of sp³-hybridized carbons (Fsp3) is 0.217. The second-order valence-electron chi connectivity index (χ2n) is 7.46. The van der Waals surface area contributed by atoms with Crippen molar-refractivity contribution in [3.63, 3.8) is 0 Å². The molecule has 0 saturated carbocycles. The predicted octanol–water partition coefficient (Wildman–Crippen LogP) is 4.11. The van der Waals surface area contributed by atoms with Crippen LogP contribution in [0, 0.1) is 13.8 Å². The van der Waals surface area contributed by atoms with Gasteiger partial charge in [0.25, 0.3) is 0 Å². The molecule has 0 bridgehead atoms. The monoisotopic (exact) mass is 435 g/mol. The fourth-order valence-corrected chi connectivity index (χ4v) is 3.57. The number of fused-ring (bicyclic) bond motifs is 1. The summed E-state index contributed by atoms with van der Waals surface area (Å²) in [6.07, 6.45) is 4.93. The summed E-state index contributed by atoms with van der Waals surface area (Å²) >= 11 is 5.94. The van der Waals surface area contributed by atoms with E-state index in [0.29, 0.717) is 35.8 Å². The molecule has 0 unspecified atom stereocenters. The van der Waals surface area contributed by atoms with Crippen molar-refractivity contribution < 1.29 is 4.79 Å². The van der Waals surface area contributed by atoms with E-state index < -0.39 is 0 Å². The molecule has 1 amide bonds. The van der Waals surface area contributed by atoms with Crippen molar-refractivity contribution in [3.8, 4) is 5.69 Å². The molecule has 0 saturated heterocycles. The van der Waals surface area contributed by atoms with Crippen LogP contribution in [0.25, 0.3) is 11.3 Å². The van der Waals surface area contributed by atoms with Crippen molar-refractivity contribution in [2.24, 2.45) is 0 Å². The Bertz CT molecular complexity index is 1330. The summed E-state index contributed by atoms with van der Waals surface area (Å²) in [5, 5.41) is 11.6. The molecule has 31 heavy (non-hydrogen) atoms. The lowest BCUT2D eigenvalue weighted by atomic mass is 10.1. The van der Waals surface area contributed by atoms with Gasteiger partial charge in [-0.15, -0.1) is 10.2 Å². The minimum atomic E-state index is -0.233. The second kappa shape index (κ2) is 8.73. The number of anilines is 1. The number of halogens is 1. The van der Waals surface area contributed by atoms with E-state index in [4.69, 9.17) is 11.6 Å². The van der Waals surface area contributed by atoms with Gasteiger partial charge in [0.05, 0.1) is 0 Å². The van der Waals surface area contributed by atoms with Gasteiger partial charge >= 0.3 is 5.56 Å². The first-order chi connectivity index (χ1) is 14.9. The number of aromatic nitrogens is 4. The maximum atomic E-state index is 12.9. The molecule has 2 aromatic carbocycles. The number of nitrogens with one attached hydrogen (secondary N) is 1. The normalized spacial score (nSPS) is 11.1. The zero-order valence-electron chi connectivity index (χ0n) is 17.3. The molecule has 4 rings (SSSR count). The van der Waals surface area contributed by atoms with E-state index in [1.807, 2.05) is 32.0 Å². The Morgan fingerprint density at radius 1 is 1.06 bits per heavy atom. The highest BCUT2D eigenvalue weighted by Crippen LogP contribution is 2.16. The van der Waals surface area contributed by atoms with Crippen LogP contribution in [0.3, 0.4) is 0 Å². The van der Waals surface area contributed by atoms with E-state index in [-0.39, 0.29) is 17.1 Å². The Morgan fingerprint density at radius 2 is 1.90 bits per heavy atom. The predicted molar refractivity (Wildman–Crippen MR) is 121 cm³/mol. The first-order valence-electron chi connectivity index (χ1n) is 10.0. The summed E-state index contributed by atoms with van der Waals surface area (Å²) in [6.45, 7) is 4.05. The number of carbonyl (C=O) groups excluding carboxylic acids is 1. The number of carbonyl (C=O) groups is 1. The van der Waals surface area contributed by atoms with Gasteiger partial charge in [0.15, 0.2) is 0 Å². The van der Waals surface area contributed by atoms with Crippen molar-refractivity contribution >= 4 is 28.8 Å². The Balaban J connectivity index is 1.46. The number of rotatable bonds is 6. The van der Waals surface area contributed by atoms with Gasteiger partial charge in [-0.05, 0) is 61.7 Å². The van der Waals surface area contributed by atoms with Gasteiger partial charge < -0.3 is 5.32 Å². The van der Waals surface area contributed by atoms with Crippen LogP contribution >= 0.6 is 11.6 Å². The van der Waals surface area contributed by atoms with Gasteiger partial charge in [-0.25, -0.2) is 0 Å². The van der Waals surface area contributed by atoms with Crippen LogP contribution < -0.4 is 10.9 Å². The molecule has 0 aliphatic rings. The van der Waals surface area contributed by atoms with Gasteiger partial charge in [0.1, 0.15) is 5.82 Å². The minimum absolute atomic E-state index is 0.104. The number of hydrogen-bond acceptors (Lipinski definition) is 4. The first kappa shape index (κ1) is 20.8. The maximum absolute atomic E-state index is 12.9. The Morgan fingerprint density at radius 3 is 2.68 bits per heavy atom. The molecule has 0 aliphatic heterocycles. The van der Waals surface area contributed by atoms with Gasteiger partial charge in [0.2, 0.25) is 11.6 Å². The number of nitrogens with zero attached hydrogens (tertiary/aromatic N) is 4. The molecular weight excluding hydrogens is 414 g/mol. The highest BCUT2D eigenvalue weighted by molar-refractivity contribution is 6.30. The largest absolute Gasteiger partial charge is 0.326 e. The average Bonchev–Trinajstić information content (AvgIpc) is 3.14. The van der Waals surface area contributed by atoms with Crippen molar-refractivity contribution in [1.82, 2.24) is 19.2 Å². The summed E-state index contributed by atoms with van der Waals surface area (Å²) in [5.41, 5.74) is 3.77. The number of aryl methyl sites for hydroxylation is 3. The summed E-state index contributed by atoms with van der Waals surface area (Å²) in [4.78, 5) is 25.1.